The van der Waals surface area contributed by atoms with Crippen molar-refractivity contribution in [2.75, 3.05) is 16.8 Å². The fourth-order valence-electron chi connectivity index (χ4n) is 1.86. The smallest absolute Gasteiger partial charge is 0.234 e. The van der Waals surface area contributed by atoms with E-state index < -0.39 is 0 Å². The largest absolute Gasteiger partial charge is 0.325 e. The Hall–Kier alpha value is -2.25. The van der Waals surface area contributed by atoms with E-state index in [4.69, 9.17) is 5.26 Å². The molecule has 21 heavy (non-hydrogen) atoms. The number of carbonyl (C=O) groups excluding carboxylic acids is 1. The Morgan fingerprint density at radius 1 is 1.14 bits per heavy atom. The topological polar surface area (TPSA) is 52.9 Å². The number of nitrogens with one attached hydrogen (secondary N) is 1. The van der Waals surface area contributed by atoms with Crippen molar-refractivity contribution >= 4 is 23.4 Å². The highest BCUT2D eigenvalue weighted by Gasteiger charge is 2.03. The van der Waals surface area contributed by atoms with E-state index in [-0.39, 0.29) is 5.91 Å². The van der Waals surface area contributed by atoms with Gasteiger partial charge in [0.1, 0.15) is 0 Å². The minimum Gasteiger partial charge on any atom is -0.325 e. The van der Waals surface area contributed by atoms with Crippen molar-refractivity contribution in [2.45, 2.75) is 6.42 Å². The highest BCUT2D eigenvalue weighted by Crippen LogP contribution is 2.11. The number of thioether (sulfide) groups is 1. The van der Waals surface area contributed by atoms with E-state index in [0.717, 1.165) is 12.2 Å². The summed E-state index contributed by atoms with van der Waals surface area (Å²) in [5.74, 6) is 1.29. The molecule has 106 valence electrons. The minimum absolute atomic E-state index is 0.0387. The van der Waals surface area contributed by atoms with Gasteiger partial charge in [-0.3, -0.25) is 4.79 Å². The summed E-state index contributed by atoms with van der Waals surface area (Å²) in [7, 11) is 0. The van der Waals surface area contributed by atoms with E-state index in [0.29, 0.717) is 17.0 Å². The predicted octanol–water partition coefficient (Wildman–Crippen LogP) is 3.47. The van der Waals surface area contributed by atoms with Crippen LogP contribution < -0.4 is 5.32 Å². The van der Waals surface area contributed by atoms with E-state index >= 15 is 0 Å². The summed E-state index contributed by atoms with van der Waals surface area (Å²) in [4.78, 5) is 11.8. The van der Waals surface area contributed by atoms with E-state index in [2.05, 4.69) is 23.5 Å². The fraction of sp³-hybridized carbons (Fsp3) is 0.176. The Labute approximate surface area is 129 Å². The SMILES string of the molecule is N#Cc1cccc(NC(=O)CSCCc2ccccc2)c1. The molecule has 0 aliphatic heterocycles. The maximum absolute atomic E-state index is 11.8. The van der Waals surface area contributed by atoms with Gasteiger partial charge in [0.2, 0.25) is 5.91 Å². The van der Waals surface area contributed by atoms with E-state index in [1.807, 2.05) is 18.2 Å². The molecule has 0 aliphatic carbocycles. The first-order valence-corrected chi connectivity index (χ1v) is 7.85. The number of rotatable bonds is 6. The molecule has 0 spiro atoms. The third kappa shape index (κ3) is 5.33. The number of hydrogen-bond donors (Lipinski definition) is 1. The molecule has 3 nitrogen and oxygen atoms in total. The molecule has 0 saturated carbocycles. The van der Waals surface area contributed by atoms with Crippen molar-refractivity contribution in [2.24, 2.45) is 0 Å². The molecule has 2 aromatic rings. The van der Waals surface area contributed by atoms with Crippen LogP contribution in [0.25, 0.3) is 0 Å². The van der Waals surface area contributed by atoms with Gasteiger partial charge in [-0.05, 0) is 35.9 Å². The lowest BCUT2D eigenvalue weighted by atomic mass is 10.2. The van der Waals surface area contributed by atoms with Crippen molar-refractivity contribution in [1.82, 2.24) is 0 Å². The van der Waals surface area contributed by atoms with Crippen LogP contribution in [0.15, 0.2) is 54.6 Å². The number of carbonyl (C=O) groups is 1. The maximum Gasteiger partial charge on any atom is 0.234 e. The molecule has 0 fully saturated rings. The molecule has 4 heteroatoms. The molecule has 0 bridgehead atoms. The summed E-state index contributed by atoms with van der Waals surface area (Å²) < 4.78 is 0. The lowest BCUT2D eigenvalue weighted by Gasteiger charge is -2.05. The first kappa shape index (κ1) is 15.1. The summed E-state index contributed by atoms with van der Waals surface area (Å²) in [5.41, 5.74) is 2.50. The van der Waals surface area contributed by atoms with Crippen LogP contribution in [0.5, 0.6) is 0 Å². The molecule has 2 aromatic carbocycles. The van der Waals surface area contributed by atoms with Crippen LogP contribution in [0, 0.1) is 11.3 Å². The van der Waals surface area contributed by atoms with Gasteiger partial charge in [-0.1, -0.05) is 36.4 Å². The maximum atomic E-state index is 11.8. The summed E-state index contributed by atoms with van der Waals surface area (Å²) in [5, 5.41) is 11.6. The van der Waals surface area contributed by atoms with Crippen molar-refractivity contribution in [1.29, 1.82) is 5.26 Å². The highest BCUT2D eigenvalue weighted by molar-refractivity contribution is 7.99. The fourth-order valence-corrected chi connectivity index (χ4v) is 2.65. The van der Waals surface area contributed by atoms with E-state index in [9.17, 15) is 4.79 Å². The van der Waals surface area contributed by atoms with Gasteiger partial charge in [-0.15, -0.1) is 0 Å². The van der Waals surface area contributed by atoms with Crippen molar-refractivity contribution in [3.8, 4) is 6.07 Å². The second kappa shape index (κ2) is 8.13. The lowest BCUT2D eigenvalue weighted by molar-refractivity contribution is -0.113. The van der Waals surface area contributed by atoms with Crippen LogP contribution in [-0.2, 0) is 11.2 Å². The molecule has 0 unspecified atom stereocenters. The second-order valence-electron chi connectivity index (χ2n) is 4.53. The van der Waals surface area contributed by atoms with Crippen molar-refractivity contribution < 1.29 is 4.79 Å². The molecule has 0 radical (unpaired) electrons. The molecule has 0 aliphatic rings. The zero-order chi connectivity index (χ0) is 14.9. The summed E-state index contributed by atoms with van der Waals surface area (Å²) >= 11 is 1.61. The first-order valence-electron chi connectivity index (χ1n) is 6.69. The van der Waals surface area contributed by atoms with Gasteiger partial charge in [-0.2, -0.15) is 17.0 Å². The summed E-state index contributed by atoms with van der Waals surface area (Å²) in [6, 6.07) is 19.2. The quantitative estimate of drug-likeness (QED) is 0.830. The van der Waals surface area contributed by atoms with Gasteiger partial charge >= 0.3 is 0 Å². The second-order valence-corrected chi connectivity index (χ2v) is 5.63. The number of benzene rings is 2. The Morgan fingerprint density at radius 3 is 2.71 bits per heavy atom. The molecular formula is C17H16N2OS. The van der Waals surface area contributed by atoms with Gasteiger partial charge in [0.15, 0.2) is 0 Å². The molecule has 0 aromatic heterocycles. The van der Waals surface area contributed by atoms with E-state index in [1.165, 1.54) is 5.56 Å². The van der Waals surface area contributed by atoms with Crippen LogP contribution in [-0.4, -0.2) is 17.4 Å². The van der Waals surface area contributed by atoms with Crippen LogP contribution in [0.3, 0.4) is 0 Å². The van der Waals surface area contributed by atoms with Gasteiger partial charge in [0, 0.05) is 5.69 Å². The average molecular weight is 296 g/mol. The Balaban J connectivity index is 1.71. The zero-order valence-corrected chi connectivity index (χ0v) is 12.4. The number of aryl methyl sites for hydroxylation is 1. The predicted molar refractivity (Wildman–Crippen MR) is 87.3 cm³/mol. The van der Waals surface area contributed by atoms with Crippen molar-refractivity contribution in [3.05, 3.63) is 65.7 Å². The molecule has 2 rings (SSSR count). The third-order valence-corrected chi connectivity index (χ3v) is 3.85. The van der Waals surface area contributed by atoms with Gasteiger partial charge in [0.05, 0.1) is 17.4 Å². The van der Waals surface area contributed by atoms with Crippen LogP contribution >= 0.6 is 11.8 Å². The average Bonchev–Trinajstić information content (AvgIpc) is 2.53. The molecular weight excluding hydrogens is 280 g/mol. The van der Waals surface area contributed by atoms with Crippen LogP contribution in [0.4, 0.5) is 5.69 Å². The number of nitrogens with zero attached hydrogens (tertiary/aromatic N) is 1. The number of amides is 1. The van der Waals surface area contributed by atoms with Gasteiger partial charge in [0.25, 0.3) is 0 Å². The summed E-state index contributed by atoms with van der Waals surface area (Å²) in [6.45, 7) is 0. The number of anilines is 1. The number of hydrogen-bond acceptors (Lipinski definition) is 3. The monoisotopic (exact) mass is 296 g/mol. The van der Waals surface area contributed by atoms with E-state index in [1.54, 1.807) is 36.0 Å². The molecule has 1 N–H and O–H groups in total. The Bertz CT molecular complexity index is 635. The van der Waals surface area contributed by atoms with Gasteiger partial charge in [-0.25, -0.2) is 0 Å². The highest BCUT2D eigenvalue weighted by atomic mass is 32.2. The standard InChI is InChI=1S/C17H16N2OS/c18-12-15-7-4-8-16(11-15)19-17(20)13-21-10-9-14-5-2-1-3-6-14/h1-8,11H,9-10,13H2,(H,19,20). The molecule has 0 saturated heterocycles. The third-order valence-electron chi connectivity index (χ3n) is 2.89. The Morgan fingerprint density at radius 2 is 1.95 bits per heavy atom. The minimum atomic E-state index is -0.0387. The number of nitriles is 1. The lowest BCUT2D eigenvalue weighted by Crippen LogP contribution is -2.14. The van der Waals surface area contributed by atoms with Crippen molar-refractivity contribution in [3.63, 3.8) is 0 Å². The molecule has 0 atom stereocenters. The van der Waals surface area contributed by atoms with Crippen LogP contribution in [0.2, 0.25) is 0 Å². The van der Waals surface area contributed by atoms with Gasteiger partial charge < -0.3 is 5.32 Å². The molecule has 0 heterocycles. The van der Waals surface area contributed by atoms with Crippen LogP contribution in [0.1, 0.15) is 11.1 Å². The first-order chi connectivity index (χ1) is 10.3. The zero-order valence-electron chi connectivity index (χ0n) is 11.6. The Kier molecular flexibility index (Phi) is 5.86. The summed E-state index contributed by atoms with van der Waals surface area (Å²) in [6.07, 6.45) is 0.961. The normalized spacial score (nSPS) is 9.86. The molecule has 1 amide bonds.